The van der Waals surface area contributed by atoms with E-state index in [2.05, 4.69) is 40.8 Å². The summed E-state index contributed by atoms with van der Waals surface area (Å²) in [5.74, 6) is 0. The van der Waals surface area contributed by atoms with Gasteiger partial charge in [0.2, 0.25) is 0 Å². The topological polar surface area (TPSA) is 50.1 Å². The Kier molecular flexibility index (Phi) is 5.53. The van der Waals surface area contributed by atoms with Crippen LogP contribution in [-0.4, -0.2) is 27.8 Å². The second-order valence-corrected chi connectivity index (χ2v) is 6.10. The predicted octanol–water partition coefficient (Wildman–Crippen LogP) is 2.62. The average Bonchev–Trinajstić information content (AvgIpc) is 3.01. The molecule has 0 aliphatic carbocycles. The standard InChI is InChI=1S/C17H25N3O/c1-17(2,13-21)16(15-7-4-3-5-8-15)19-9-6-11-20-12-10-18-14-20/h3-5,7-8,10,12,14,16,19,21H,6,9,11,13H2,1-2H3. The molecule has 1 atom stereocenters. The van der Waals surface area contributed by atoms with Gasteiger partial charge in [-0.3, -0.25) is 0 Å². The highest BCUT2D eigenvalue weighted by Crippen LogP contribution is 2.32. The van der Waals surface area contributed by atoms with E-state index >= 15 is 0 Å². The van der Waals surface area contributed by atoms with Gasteiger partial charge < -0.3 is 15.0 Å². The molecule has 4 nitrogen and oxygen atoms in total. The van der Waals surface area contributed by atoms with Crippen molar-refractivity contribution in [3.8, 4) is 0 Å². The normalized spacial score (nSPS) is 13.3. The summed E-state index contributed by atoms with van der Waals surface area (Å²) in [4.78, 5) is 4.05. The lowest BCUT2D eigenvalue weighted by molar-refractivity contribution is 0.115. The molecular weight excluding hydrogens is 262 g/mol. The van der Waals surface area contributed by atoms with Gasteiger partial charge in [-0.05, 0) is 18.5 Å². The van der Waals surface area contributed by atoms with Gasteiger partial charge in [0.25, 0.3) is 0 Å². The van der Waals surface area contributed by atoms with Gasteiger partial charge in [0.15, 0.2) is 0 Å². The van der Waals surface area contributed by atoms with Crippen LogP contribution in [0.15, 0.2) is 49.1 Å². The number of aryl methyl sites for hydroxylation is 1. The molecule has 2 aromatic rings. The molecule has 0 radical (unpaired) electrons. The fourth-order valence-corrected chi connectivity index (χ4v) is 2.51. The second kappa shape index (κ2) is 7.38. The molecule has 4 heteroatoms. The molecule has 1 heterocycles. The number of rotatable bonds is 8. The summed E-state index contributed by atoms with van der Waals surface area (Å²) in [6.45, 7) is 6.19. The lowest BCUT2D eigenvalue weighted by atomic mass is 9.81. The van der Waals surface area contributed by atoms with Crippen molar-refractivity contribution < 1.29 is 5.11 Å². The molecule has 21 heavy (non-hydrogen) atoms. The molecule has 0 saturated carbocycles. The molecule has 114 valence electrons. The van der Waals surface area contributed by atoms with Crippen LogP contribution in [-0.2, 0) is 6.54 Å². The molecule has 0 spiro atoms. The highest BCUT2D eigenvalue weighted by atomic mass is 16.3. The summed E-state index contributed by atoms with van der Waals surface area (Å²) in [6, 6.07) is 10.5. The SMILES string of the molecule is CC(C)(CO)C(NCCCn1ccnc1)c1ccccc1. The fraction of sp³-hybridized carbons (Fsp3) is 0.471. The van der Waals surface area contributed by atoms with E-state index in [1.165, 1.54) is 5.56 Å². The van der Waals surface area contributed by atoms with Crippen molar-refractivity contribution in [3.63, 3.8) is 0 Å². The maximum Gasteiger partial charge on any atom is 0.0945 e. The quantitative estimate of drug-likeness (QED) is 0.734. The third-order valence-corrected chi connectivity index (χ3v) is 3.82. The zero-order valence-corrected chi connectivity index (χ0v) is 12.9. The second-order valence-electron chi connectivity index (χ2n) is 6.10. The van der Waals surface area contributed by atoms with E-state index in [4.69, 9.17) is 0 Å². The number of hydrogen-bond donors (Lipinski definition) is 2. The maximum atomic E-state index is 9.68. The first-order valence-electron chi connectivity index (χ1n) is 7.48. The predicted molar refractivity (Wildman–Crippen MR) is 84.9 cm³/mol. The van der Waals surface area contributed by atoms with Gasteiger partial charge in [0.1, 0.15) is 0 Å². The molecule has 2 rings (SSSR count). The Morgan fingerprint density at radius 2 is 2.05 bits per heavy atom. The summed E-state index contributed by atoms with van der Waals surface area (Å²) >= 11 is 0. The molecule has 0 bridgehead atoms. The Labute approximate surface area is 126 Å². The lowest BCUT2D eigenvalue weighted by Crippen LogP contribution is -2.37. The molecule has 1 unspecified atom stereocenters. The summed E-state index contributed by atoms with van der Waals surface area (Å²) in [5, 5.41) is 13.3. The van der Waals surface area contributed by atoms with Crippen LogP contribution in [0.2, 0.25) is 0 Å². The highest BCUT2D eigenvalue weighted by molar-refractivity contribution is 5.21. The minimum atomic E-state index is -0.198. The van der Waals surface area contributed by atoms with E-state index in [0.29, 0.717) is 0 Å². The summed E-state index contributed by atoms with van der Waals surface area (Å²) < 4.78 is 2.08. The Morgan fingerprint density at radius 1 is 1.29 bits per heavy atom. The van der Waals surface area contributed by atoms with Gasteiger partial charge >= 0.3 is 0 Å². The number of aliphatic hydroxyl groups excluding tert-OH is 1. The fourth-order valence-electron chi connectivity index (χ4n) is 2.51. The van der Waals surface area contributed by atoms with E-state index in [-0.39, 0.29) is 18.1 Å². The molecule has 1 aromatic carbocycles. The molecule has 0 aliphatic heterocycles. The van der Waals surface area contributed by atoms with Gasteiger partial charge in [-0.25, -0.2) is 4.98 Å². The minimum Gasteiger partial charge on any atom is -0.396 e. The van der Waals surface area contributed by atoms with Crippen molar-refractivity contribution in [3.05, 3.63) is 54.6 Å². The third kappa shape index (κ3) is 4.41. The molecule has 0 fully saturated rings. The largest absolute Gasteiger partial charge is 0.396 e. The number of imidazole rings is 1. The maximum absolute atomic E-state index is 9.68. The van der Waals surface area contributed by atoms with Crippen molar-refractivity contribution in [2.75, 3.05) is 13.2 Å². The summed E-state index contributed by atoms with van der Waals surface area (Å²) in [5.41, 5.74) is 1.02. The van der Waals surface area contributed by atoms with Gasteiger partial charge in [0.05, 0.1) is 6.33 Å². The highest BCUT2D eigenvalue weighted by Gasteiger charge is 2.29. The molecule has 2 N–H and O–H groups in total. The zero-order valence-electron chi connectivity index (χ0n) is 12.9. The van der Waals surface area contributed by atoms with Crippen molar-refractivity contribution in [1.29, 1.82) is 0 Å². The minimum absolute atomic E-state index is 0.145. The molecule has 0 amide bonds. The Bertz CT molecular complexity index is 508. The van der Waals surface area contributed by atoms with Crippen molar-refractivity contribution in [1.82, 2.24) is 14.9 Å². The smallest absolute Gasteiger partial charge is 0.0945 e. The van der Waals surface area contributed by atoms with Crippen LogP contribution >= 0.6 is 0 Å². The van der Waals surface area contributed by atoms with Crippen molar-refractivity contribution in [2.45, 2.75) is 32.9 Å². The van der Waals surface area contributed by atoms with Crippen LogP contribution in [0.4, 0.5) is 0 Å². The van der Waals surface area contributed by atoms with Crippen molar-refractivity contribution in [2.24, 2.45) is 5.41 Å². The number of nitrogens with zero attached hydrogens (tertiary/aromatic N) is 2. The summed E-state index contributed by atoms with van der Waals surface area (Å²) in [7, 11) is 0. The van der Waals surface area contributed by atoms with Crippen LogP contribution < -0.4 is 5.32 Å². The number of benzene rings is 1. The van der Waals surface area contributed by atoms with Gasteiger partial charge in [-0.1, -0.05) is 44.2 Å². The zero-order chi connectivity index (χ0) is 15.1. The number of hydrogen-bond acceptors (Lipinski definition) is 3. The molecular formula is C17H25N3O. The third-order valence-electron chi connectivity index (χ3n) is 3.82. The number of aliphatic hydroxyl groups is 1. The van der Waals surface area contributed by atoms with Crippen LogP contribution in [0.5, 0.6) is 0 Å². The van der Waals surface area contributed by atoms with Gasteiger partial charge in [-0.2, -0.15) is 0 Å². The Morgan fingerprint density at radius 3 is 2.67 bits per heavy atom. The Hall–Kier alpha value is -1.65. The van der Waals surface area contributed by atoms with Crippen LogP contribution in [0, 0.1) is 5.41 Å². The van der Waals surface area contributed by atoms with E-state index in [9.17, 15) is 5.11 Å². The van der Waals surface area contributed by atoms with Gasteiger partial charge in [0, 0.05) is 37.0 Å². The van der Waals surface area contributed by atoms with E-state index in [0.717, 1.165) is 19.5 Å². The number of aromatic nitrogens is 2. The summed E-state index contributed by atoms with van der Waals surface area (Å²) in [6.07, 6.45) is 6.65. The van der Waals surface area contributed by atoms with Crippen LogP contribution in [0.25, 0.3) is 0 Å². The molecule has 1 aromatic heterocycles. The van der Waals surface area contributed by atoms with E-state index in [1.54, 1.807) is 6.20 Å². The van der Waals surface area contributed by atoms with Gasteiger partial charge in [-0.15, -0.1) is 0 Å². The first-order valence-corrected chi connectivity index (χ1v) is 7.48. The first-order chi connectivity index (χ1) is 10.1. The van der Waals surface area contributed by atoms with Crippen LogP contribution in [0.3, 0.4) is 0 Å². The monoisotopic (exact) mass is 287 g/mol. The first kappa shape index (κ1) is 15.7. The number of nitrogens with one attached hydrogen (secondary N) is 1. The average molecular weight is 287 g/mol. The molecule has 0 aliphatic rings. The van der Waals surface area contributed by atoms with Crippen molar-refractivity contribution >= 4 is 0 Å². The van der Waals surface area contributed by atoms with E-state index < -0.39 is 0 Å². The van der Waals surface area contributed by atoms with Crippen LogP contribution in [0.1, 0.15) is 31.9 Å². The lowest BCUT2D eigenvalue weighted by Gasteiger charge is -2.34. The van der Waals surface area contributed by atoms with E-state index in [1.807, 2.05) is 30.7 Å². The Balaban J connectivity index is 1.93. The molecule has 0 saturated heterocycles.